The second kappa shape index (κ2) is 12.1. The molecule has 0 aliphatic carbocycles. The standard InChI is InChI=1S/C31H32Cl2N2O3S/c1-19(2)24-17-34-35(30-26(32)10-7-11-27(30)33)28(24)18-38-22-12-13-25(20(3)14-22)31(4,5)39-23-9-6-8-21(15-23)16-29(36)37/h6-15,17,19H,16,18H2,1-5H3,(H,36,37). The number of carboxylic acid groups (broad SMARTS) is 1. The van der Waals surface area contributed by atoms with E-state index in [-0.39, 0.29) is 17.1 Å². The molecule has 1 aromatic heterocycles. The number of carbonyl (C=O) groups is 1. The first-order valence-electron chi connectivity index (χ1n) is 12.7. The maximum Gasteiger partial charge on any atom is 0.307 e. The molecule has 39 heavy (non-hydrogen) atoms. The van der Waals surface area contributed by atoms with Crippen molar-refractivity contribution in [3.8, 4) is 11.4 Å². The van der Waals surface area contributed by atoms with E-state index in [9.17, 15) is 4.79 Å². The fraction of sp³-hybridized carbons (Fsp3) is 0.290. The number of hydrogen-bond acceptors (Lipinski definition) is 4. The molecule has 3 aromatic carbocycles. The summed E-state index contributed by atoms with van der Waals surface area (Å²) in [5.74, 6) is 0.170. The number of carboxylic acids is 1. The first-order chi connectivity index (χ1) is 18.5. The fourth-order valence-electron chi connectivity index (χ4n) is 4.69. The summed E-state index contributed by atoms with van der Waals surface area (Å²) in [6, 6.07) is 19.3. The highest BCUT2D eigenvalue weighted by atomic mass is 35.5. The Labute approximate surface area is 244 Å². The van der Waals surface area contributed by atoms with Gasteiger partial charge in [0.25, 0.3) is 0 Å². The Morgan fingerprint density at radius 3 is 2.41 bits per heavy atom. The SMILES string of the molecule is Cc1cc(OCc2c(C(C)C)cnn2-c2c(Cl)cccc2Cl)ccc1C(C)(C)Sc1cccc(CC(=O)O)c1. The van der Waals surface area contributed by atoms with Crippen LogP contribution in [0.15, 0.2) is 71.8 Å². The number of hydrogen-bond donors (Lipinski definition) is 1. The molecule has 0 spiro atoms. The van der Waals surface area contributed by atoms with Crippen molar-refractivity contribution in [2.45, 2.75) is 63.2 Å². The molecule has 1 N–H and O–H groups in total. The summed E-state index contributed by atoms with van der Waals surface area (Å²) in [6.45, 7) is 11.0. The molecule has 0 aliphatic heterocycles. The molecule has 8 heteroatoms. The molecule has 5 nitrogen and oxygen atoms in total. The van der Waals surface area contributed by atoms with Gasteiger partial charge in [-0.1, -0.05) is 61.3 Å². The van der Waals surface area contributed by atoms with Crippen LogP contribution in [0.25, 0.3) is 5.69 Å². The molecule has 0 bridgehead atoms. The first-order valence-corrected chi connectivity index (χ1v) is 14.3. The van der Waals surface area contributed by atoms with Crippen molar-refractivity contribution in [2.24, 2.45) is 0 Å². The predicted octanol–water partition coefficient (Wildman–Crippen LogP) is 8.84. The highest BCUT2D eigenvalue weighted by molar-refractivity contribution is 8.00. The van der Waals surface area contributed by atoms with Gasteiger partial charge in [-0.3, -0.25) is 4.79 Å². The van der Waals surface area contributed by atoms with Crippen molar-refractivity contribution < 1.29 is 14.6 Å². The van der Waals surface area contributed by atoms with E-state index in [0.717, 1.165) is 33.0 Å². The van der Waals surface area contributed by atoms with Crippen LogP contribution >= 0.6 is 35.0 Å². The first kappa shape index (κ1) is 29.1. The maximum atomic E-state index is 11.1. The summed E-state index contributed by atoms with van der Waals surface area (Å²) in [5, 5.41) is 14.8. The number of para-hydroxylation sites is 1. The molecule has 4 rings (SSSR count). The zero-order valence-electron chi connectivity index (χ0n) is 22.7. The van der Waals surface area contributed by atoms with Gasteiger partial charge in [0.1, 0.15) is 18.0 Å². The monoisotopic (exact) mass is 582 g/mol. The number of halogens is 2. The van der Waals surface area contributed by atoms with Gasteiger partial charge in [0.05, 0.1) is 28.4 Å². The van der Waals surface area contributed by atoms with Crippen LogP contribution in [0, 0.1) is 6.92 Å². The highest BCUT2D eigenvalue weighted by Gasteiger charge is 2.25. The van der Waals surface area contributed by atoms with E-state index in [0.29, 0.717) is 22.3 Å². The van der Waals surface area contributed by atoms with E-state index in [1.807, 2.05) is 42.6 Å². The Kier molecular flexibility index (Phi) is 9.00. The lowest BCUT2D eigenvalue weighted by molar-refractivity contribution is -0.136. The number of aromatic nitrogens is 2. The van der Waals surface area contributed by atoms with Crippen molar-refractivity contribution >= 4 is 40.9 Å². The zero-order chi connectivity index (χ0) is 28.3. The molecule has 0 aliphatic rings. The van der Waals surface area contributed by atoms with Gasteiger partial charge in [0.2, 0.25) is 0 Å². The van der Waals surface area contributed by atoms with Gasteiger partial charge in [-0.05, 0) is 85.3 Å². The van der Waals surface area contributed by atoms with E-state index in [1.54, 1.807) is 28.6 Å². The second-order valence-corrected chi connectivity index (χ2v) is 12.8. The van der Waals surface area contributed by atoms with Crippen molar-refractivity contribution in [1.29, 1.82) is 0 Å². The summed E-state index contributed by atoms with van der Waals surface area (Å²) in [5.41, 5.74) is 5.70. The lowest BCUT2D eigenvalue weighted by Gasteiger charge is -2.27. The smallest absolute Gasteiger partial charge is 0.307 e. The van der Waals surface area contributed by atoms with Crippen LogP contribution in [0.1, 0.15) is 61.6 Å². The minimum atomic E-state index is -0.832. The summed E-state index contributed by atoms with van der Waals surface area (Å²) < 4.78 is 7.83. The number of rotatable bonds is 10. The minimum Gasteiger partial charge on any atom is -0.487 e. The zero-order valence-corrected chi connectivity index (χ0v) is 25.0. The Balaban J connectivity index is 1.56. The normalized spacial score (nSPS) is 11.7. The van der Waals surface area contributed by atoms with Crippen molar-refractivity contribution in [3.05, 3.63) is 105 Å². The Morgan fingerprint density at radius 2 is 1.77 bits per heavy atom. The van der Waals surface area contributed by atoms with E-state index in [1.165, 1.54) is 5.56 Å². The van der Waals surface area contributed by atoms with Gasteiger partial charge in [-0.25, -0.2) is 4.68 Å². The molecule has 0 unspecified atom stereocenters. The van der Waals surface area contributed by atoms with Crippen LogP contribution in [0.3, 0.4) is 0 Å². The number of thioether (sulfide) groups is 1. The number of aryl methyl sites for hydroxylation is 1. The Morgan fingerprint density at radius 1 is 1.08 bits per heavy atom. The van der Waals surface area contributed by atoms with Gasteiger partial charge in [-0.2, -0.15) is 5.10 Å². The summed E-state index contributed by atoms with van der Waals surface area (Å²) in [4.78, 5) is 12.2. The average molecular weight is 584 g/mol. The molecule has 1 heterocycles. The molecule has 0 radical (unpaired) electrons. The Bertz CT molecular complexity index is 1480. The molecule has 0 saturated heterocycles. The van der Waals surface area contributed by atoms with Gasteiger partial charge in [-0.15, -0.1) is 11.8 Å². The summed E-state index contributed by atoms with van der Waals surface area (Å²) in [6.07, 6.45) is 1.86. The van der Waals surface area contributed by atoms with Crippen molar-refractivity contribution in [3.63, 3.8) is 0 Å². The molecule has 4 aromatic rings. The minimum absolute atomic E-state index is 0.0139. The highest BCUT2D eigenvalue weighted by Crippen LogP contribution is 2.43. The lowest BCUT2D eigenvalue weighted by Crippen LogP contribution is -2.14. The molecule has 0 atom stereocenters. The third kappa shape index (κ3) is 6.81. The maximum absolute atomic E-state index is 11.1. The summed E-state index contributed by atoms with van der Waals surface area (Å²) >= 11 is 14.7. The molecular weight excluding hydrogens is 551 g/mol. The third-order valence-corrected chi connectivity index (χ3v) is 8.35. The van der Waals surface area contributed by atoms with Crippen LogP contribution in [-0.2, 0) is 22.6 Å². The lowest BCUT2D eigenvalue weighted by atomic mass is 9.97. The largest absolute Gasteiger partial charge is 0.487 e. The molecule has 0 fully saturated rings. The van der Waals surface area contributed by atoms with Gasteiger partial charge < -0.3 is 9.84 Å². The van der Waals surface area contributed by atoms with Gasteiger partial charge >= 0.3 is 5.97 Å². The number of ether oxygens (including phenoxy) is 1. The quantitative estimate of drug-likeness (QED) is 0.189. The number of aliphatic carboxylic acids is 1. The van der Waals surface area contributed by atoms with Gasteiger partial charge in [0, 0.05) is 9.64 Å². The summed E-state index contributed by atoms with van der Waals surface area (Å²) in [7, 11) is 0. The van der Waals surface area contributed by atoms with Crippen LogP contribution in [0.2, 0.25) is 10.0 Å². The average Bonchev–Trinajstić information content (AvgIpc) is 3.26. The fourth-order valence-corrected chi connectivity index (χ4v) is 6.54. The van der Waals surface area contributed by atoms with Crippen LogP contribution < -0.4 is 4.74 Å². The molecule has 204 valence electrons. The van der Waals surface area contributed by atoms with Crippen LogP contribution in [0.4, 0.5) is 0 Å². The van der Waals surface area contributed by atoms with E-state index in [2.05, 4.69) is 51.9 Å². The second-order valence-electron chi connectivity index (χ2n) is 10.3. The van der Waals surface area contributed by atoms with E-state index >= 15 is 0 Å². The van der Waals surface area contributed by atoms with E-state index < -0.39 is 5.97 Å². The number of benzene rings is 3. The van der Waals surface area contributed by atoms with Crippen LogP contribution in [0.5, 0.6) is 5.75 Å². The Hall–Kier alpha value is -2.93. The predicted molar refractivity (Wildman–Crippen MR) is 160 cm³/mol. The van der Waals surface area contributed by atoms with Crippen molar-refractivity contribution in [2.75, 3.05) is 0 Å². The topological polar surface area (TPSA) is 64.4 Å². The van der Waals surface area contributed by atoms with E-state index in [4.69, 9.17) is 33.0 Å². The van der Waals surface area contributed by atoms with Crippen LogP contribution in [-0.4, -0.2) is 20.9 Å². The number of nitrogens with zero attached hydrogens (tertiary/aromatic N) is 2. The van der Waals surface area contributed by atoms with Crippen molar-refractivity contribution in [1.82, 2.24) is 9.78 Å². The molecule has 0 amide bonds. The molecule has 0 saturated carbocycles. The third-order valence-electron chi connectivity index (χ3n) is 6.52. The van der Waals surface area contributed by atoms with Gasteiger partial charge in [0.15, 0.2) is 0 Å². The molecular formula is C31H32Cl2N2O3S.